The lowest BCUT2D eigenvalue weighted by molar-refractivity contribution is 0.186. The first-order valence-electron chi connectivity index (χ1n) is 8.50. The molecular weight excluding hydrogens is 258 g/mol. The average Bonchev–Trinajstić information content (AvgIpc) is 2.50. The van der Waals surface area contributed by atoms with Crippen molar-refractivity contribution in [2.24, 2.45) is 11.7 Å². The minimum atomic E-state index is 0.472. The first-order chi connectivity index (χ1) is 10.2. The van der Waals surface area contributed by atoms with Gasteiger partial charge < -0.3 is 10.6 Å². The number of aryl methyl sites for hydroxylation is 1. The molecule has 0 spiro atoms. The summed E-state index contributed by atoms with van der Waals surface area (Å²) in [5.41, 5.74) is 8.75. The van der Waals surface area contributed by atoms with E-state index in [0.717, 1.165) is 19.0 Å². The van der Waals surface area contributed by atoms with E-state index in [0.29, 0.717) is 6.04 Å². The maximum atomic E-state index is 6.00. The number of anilines is 1. The zero-order valence-electron chi connectivity index (χ0n) is 13.3. The number of rotatable bonds is 3. The standard InChI is InChI=1S/C18H29N3/c1-15-3-2-4-18(13-15)21-11-9-20(10-12-21)14-16-5-7-17(19)8-6-16/h2-4,13,16-17H,5-12,14,19H2,1H3. The SMILES string of the molecule is Cc1cccc(N2CCN(CC3CCC(N)CC3)CC2)c1. The first-order valence-corrected chi connectivity index (χ1v) is 8.50. The van der Waals surface area contributed by atoms with Crippen molar-refractivity contribution < 1.29 is 0 Å². The summed E-state index contributed by atoms with van der Waals surface area (Å²) in [6, 6.07) is 9.36. The highest BCUT2D eigenvalue weighted by Gasteiger charge is 2.23. The van der Waals surface area contributed by atoms with E-state index in [2.05, 4.69) is 41.0 Å². The lowest BCUT2D eigenvalue weighted by Crippen LogP contribution is -2.48. The molecule has 0 aromatic heterocycles. The summed E-state index contributed by atoms with van der Waals surface area (Å²) in [6.45, 7) is 8.19. The van der Waals surface area contributed by atoms with Gasteiger partial charge in [-0.05, 0) is 56.2 Å². The highest BCUT2D eigenvalue weighted by molar-refractivity contribution is 5.48. The van der Waals surface area contributed by atoms with E-state index in [-0.39, 0.29) is 0 Å². The summed E-state index contributed by atoms with van der Waals surface area (Å²) in [5, 5.41) is 0. The Morgan fingerprint density at radius 1 is 1.05 bits per heavy atom. The molecule has 1 saturated heterocycles. The van der Waals surface area contributed by atoms with Gasteiger partial charge in [0.1, 0.15) is 0 Å². The van der Waals surface area contributed by atoms with Crippen molar-refractivity contribution in [1.82, 2.24) is 4.90 Å². The van der Waals surface area contributed by atoms with E-state index >= 15 is 0 Å². The molecule has 21 heavy (non-hydrogen) atoms. The molecule has 1 heterocycles. The highest BCUT2D eigenvalue weighted by Crippen LogP contribution is 2.25. The number of nitrogens with zero attached hydrogens (tertiary/aromatic N) is 2. The molecule has 1 aliphatic heterocycles. The zero-order valence-corrected chi connectivity index (χ0v) is 13.3. The van der Waals surface area contributed by atoms with Gasteiger partial charge in [-0.25, -0.2) is 0 Å². The number of hydrogen-bond donors (Lipinski definition) is 1. The van der Waals surface area contributed by atoms with Crippen LogP contribution in [0.5, 0.6) is 0 Å². The number of benzene rings is 1. The summed E-state index contributed by atoms with van der Waals surface area (Å²) < 4.78 is 0. The van der Waals surface area contributed by atoms with E-state index in [9.17, 15) is 0 Å². The molecule has 1 saturated carbocycles. The van der Waals surface area contributed by atoms with E-state index in [1.165, 1.54) is 56.6 Å². The molecule has 0 bridgehead atoms. The fourth-order valence-electron chi connectivity index (χ4n) is 3.75. The second-order valence-corrected chi connectivity index (χ2v) is 6.91. The summed E-state index contributed by atoms with van der Waals surface area (Å²) in [7, 11) is 0. The number of nitrogens with two attached hydrogens (primary N) is 1. The van der Waals surface area contributed by atoms with Crippen molar-refractivity contribution in [1.29, 1.82) is 0 Å². The molecule has 3 nitrogen and oxygen atoms in total. The highest BCUT2D eigenvalue weighted by atomic mass is 15.3. The molecule has 3 rings (SSSR count). The van der Waals surface area contributed by atoms with Crippen molar-refractivity contribution in [3.05, 3.63) is 29.8 Å². The molecule has 2 fully saturated rings. The Bertz CT molecular complexity index is 444. The van der Waals surface area contributed by atoms with E-state index in [1.807, 2.05) is 0 Å². The van der Waals surface area contributed by atoms with E-state index in [4.69, 9.17) is 5.73 Å². The Morgan fingerprint density at radius 2 is 1.76 bits per heavy atom. The minimum absolute atomic E-state index is 0.472. The third-order valence-corrected chi connectivity index (χ3v) is 5.15. The second-order valence-electron chi connectivity index (χ2n) is 6.91. The first kappa shape index (κ1) is 14.9. The van der Waals surface area contributed by atoms with Crippen LogP contribution in [0.1, 0.15) is 31.2 Å². The maximum Gasteiger partial charge on any atom is 0.0369 e. The smallest absolute Gasteiger partial charge is 0.0369 e. The molecule has 3 heteroatoms. The third kappa shape index (κ3) is 3.98. The maximum absolute atomic E-state index is 6.00. The Morgan fingerprint density at radius 3 is 2.43 bits per heavy atom. The van der Waals surface area contributed by atoms with Gasteiger partial charge in [-0.15, -0.1) is 0 Å². The van der Waals surface area contributed by atoms with E-state index in [1.54, 1.807) is 0 Å². The van der Waals surface area contributed by atoms with Crippen molar-refractivity contribution in [2.45, 2.75) is 38.6 Å². The van der Waals surface area contributed by atoms with Crippen LogP contribution in [0.15, 0.2) is 24.3 Å². The second kappa shape index (κ2) is 6.80. The predicted octanol–water partition coefficient (Wildman–Crippen LogP) is 2.63. The summed E-state index contributed by atoms with van der Waals surface area (Å²) in [6.07, 6.45) is 5.13. The molecular formula is C18H29N3. The van der Waals surface area contributed by atoms with Gasteiger partial charge in [0.05, 0.1) is 0 Å². The van der Waals surface area contributed by atoms with Crippen molar-refractivity contribution in [3.63, 3.8) is 0 Å². The molecule has 0 atom stereocenters. The van der Waals surface area contributed by atoms with Crippen LogP contribution in [0.4, 0.5) is 5.69 Å². The molecule has 116 valence electrons. The van der Waals surface area contributed by atoms with Gasteiger partial charge in [0.25, 0.3) is 0 Å². The lowest BCUT2D eigenvalue weighted by Gasteiger charge is -2.38. The minimum Gasteiger partial charge on any atom is -0.369 e. The van der Waals surface area contributed by atoms with Gasteiger partial charge in [0.15, 0.2) is 0 Å². The lowest BCUT2D eigenvalue weighted by atomic mass is 9.86. The van der Waals surface area contributed by atoms with Crippen LogP contribution in [0.2, 0.25) is 0 Å². The van der Waals surface area contributed by atoms with Crippen molar-refractivity contribution in [2.75, 3.05) is 37.6 Å². The van der Waals surface area contributed by atoms with Crippen LogP contribution in [-0.4, -0.2) is 43.7 Å². The van der Waals surface area contributed by atoms with Crippen LogP contribution in [0.3, 0.4) is 0 Å². The van der Waals surface area contributed by atoms with Crippen molar-refractivity contribution in [3.8, 4) is 0 Å². The Labute approximate surface area is 129 Å². The number of piperazine rings is 1. The van der Waals surface area contributed by atoms with Crippen LogP contribution in [0, 0.1) is 12.8 Å². The fraction of sp³-hybridized carbons (Fsp3) is 0.667. The monoisotopic (exact) mass is 287 g/mol. The fourth-order valence-corrected chi connectivity index (χ4v) is 3.75. The average molecular weight is 287 g/mol. The van der Waals surface area contributed by atoms with Gasteiger partial charge in [-0.1, -0.05) is 12.1 Å². The van der Waals surface area contributed by atoms with Gasteiger partial charge in [0.2, 0.25) is 0 Å². The Balaban J connectivity index is 1.47. The van der Waals surface area contributed by atoms with Crippen LogP contribution in [-0.2, 0) is 0 Å². The largest absolute Gasteiger partial charge is 0.369 e. The number of hydrogen-bond acceptors (Lipinski definition) is 3. The normalized spacial score (nSPS) is 27.8. The summed E-state index contributed by atoms with van der Waals surface area (Å²) in [4.78, 5) is 5.19. The van der Waals surface area contributed by atoms with Crippen LogP contribution >= 0.6 is 0 Å². The summed E-state index contributed by atoms with van der Waals surface area (Å²) >= 11 is 0. The third-order valence-electron chi connectivity index (χ3n) is 5.15. The zero-order chi connectivity index (χ0) is 14.7. The quantitative estimate of drug-likeness (QED) is 0.927. The molecule has 2 aliphatic rings. The summed E-state index contributed by atoms with van der Waals surface area (Å²) in [5.74, 6) is 0.885. The van der Waals surface area contributed by atoms with Crippen LogP contribution < -0.4 is 10.6 Å². The Hall–Kier alpha value is -1.06. The van der Waals surface area contributed by atoms with Gasteiger partial charge in [-0.3, -0.25) is 4.90 Å². The molecule has 0 unspecified atom stereocenters. The van der Waals surface area contributed by atoms with Gasteiger partial charge >= 0.3 is 0 Å². The van der Waals surface area contributed by atoms with Crippen LogP contribution in [0.25, 0.3) is 0 Å². The molecule has 0 amide bonds. The predicted molar refractivity (Wildman–Crippen MR) is 89.8 cm³/mol. The van der Waals surface area contributed by atoms with E-state index < -0.39 is 0 Å². The molecule has 1 aromatic carbocycles. The Kier molecular flexibility index (Phi) is 4.81. The molecule has 2 N–H and O–H groups in total. The molecule has 0 radical (unpaired) electrons. The van der Waals surface area contributed by atoms with Gasteiger partial charge in [0, 0.05) is 44.5 Å². The molecule has 1 aromatic rings. The topological polar surface area (TPSA) is 32.5 Å². The van der Waals surface area contributed by atoms with Crippen molar-refractivity contribution >= 4 is 5.69 Å². The van der Waals surface area contributed by atoms with Gasteiger partial charge in [-0.2, -0.15) is 0 Å². The molecule has 1 aliphatic carbocycles.